The van der Waals surface area contributed by atoms with Gasteiger partial charge in [-0.25, -0.2) is 0 Å². The first-order chi connectivity index (χ1) is 9.65. The topological polar surface area (TPSA) is 58.6 Å². The molecular weight excluding hydrogens is 254 g/mol. The van der Waals surface area contributed by atoms with E-state index in [2.05, 4.69) is 17.4 Å². The largest absolute Gasteiger partial charge is 0.484 e. The van der Waals surface area contributed by atoms with Gasteiger partial charge in [0.25, 0.3) is 5.91 Å². The Balaban J connectivity index is 1.77. The highest BCUT2D eigenvalue weighted by atomic mass is 16.5. The number of rotatable bonds is 6. The van der Waals surface area contributed by atoms with Crippen molar-refractivity contribution in [3.8, 4) is 5.75 Å². The summed E-state index contributed by atoms with van der Waals surface area (Å²) in [6.07, 6.45) is 4.92. The summed E-state index contributed by atoms with van der Waals surface area (Å²) in [7, 11) is 0. The number of benzene rings is 1. The molecule has 0 spiro atoms. The van der Waals surface area contributed by atoms with Crippen LogP contribution in [0.15, 0.2) is 18.2 Å². The van der Waals surface area contributed by atoms with Gasteiger partial charge in [0.15, 0.2) is 6.61 Å². The van der Waals surface area contributed by atoms with Crippen molar-refractivity contribution < 1.29 is 14.6 Å². The summed E-state index contributed by atoms with van der Waals surface area (Å²) < 4.78 is 5.52. The molecule has 0 saturated carbocycles. The predicted molar refractivity (Wildman–Crippen MR) is 77.9 cm³/mol. The number of carbonyl (C=O) groups excluding carboxylic acids is 1. The molecule has 1 aromatic carbocycles. The summed E-state index contributed by atoms with van der Waals surface area (Å²) in [5.41, 5.74) is 2.76. The number of ether oxygens (including phenoxy) is 1. The van der Waals surface area contributed by atoms with Gasteiger partial charge in [0, 0.05) is 6.54 Å². The van der Waals surface area contributed by atoms with Crippen LogP contribution in [0.25, 0.3) is 0 Å². The van der Waals surface area contributed by atoms with E-state index < -0.39 is 6.10 Å². The molecule has 1 atom stereocenters. The molecule has 110 valence electrons. The lowest BCUT2D eigenvalue weighted by Gasteiger charge is -2.16. The van der Waals surface area contributed by atoms with E-state index in [4.69, 9.17) is 9.84 Å². The van der Waals surface area contributed by atoms with E-state index in [0.717, 1.165) is 18.6 Å². The van der Waals surface area contributed by atoms with Crippen molar-refractivity contribution in [1.29, 1.82) is 0 Å². The minimum atomic E-state index is -0.392. The second kappa shape index (κ2) is 7.29. The molecule has 0 bridgehead atoms. The highest BCUT2D eigenvalue weighted by Gasteiger charge is 2.10. The Hall–Kier alpha value is -1.55. The third-order valence-electron chi connectivity index (χ3n) is 3.57. The van der Waals surface area contributed by atoms with Crippen LogP contribution in [0.1, 0.15) is 37.3 Å². The van der Waals surface area contributed by atoms with E-state index in [1.807, 2.05) is 6.07 Å². The molecule has 4 nitrogen and oxygen atoms in total. The summed E-state index contributed by atoms with van der Waals surface area (Å²) >= 11 is 0. The third kappa shape index (κ3) is 4.53. The number of hydrogen-bond donors (Lipinski definition) is 2. The summed E-state index contributed by atoms with van der Waals surface area (Å²) in [4.78, 5) is 11.6. The summed E-state index contributed by atoms with van der Waals surface area (Å²) in [5, 5.41) is 11.8. The molecule has 1 unspecified atom stereocenters. The maximum Gasteiger partial charge on any atom is 0.257 e. The van der Waals surface area contributed by atoms with Gasteiger partial charge in [0.1, 0.15) is 5.75 Å². The van der Waals surface area contributed by atoms with Crippen LogP contribution in [0, 0.1) is 0 Å². The fourth-order valence-corrected chi connectivity index (χ4v) is 2.42. The van der Waals surface area contributed by atoms with E-state index in [-0.39, 0.29) is 12.5 Å². The number of amides is 1. The lowest BCUT2D eigenvalue weighted by atomic mass is 9.92. The average molecular weight is 277 g/mol. The Morgan fingerprint density at radius 1 is 1.35 bits per heavy atom. The van der Waals surface area contributed by atoms with Crippen LogP contribution in [0.2, 0.25) is 0 Å². The van der Waals surface area contributed by atoms with E-state index in [9.17, 15) is 4.79 Å². The highest BCUT2D eigenvalue weighted by Crippen LogP contribution is 2.25. The molecule has 2 N–H and O–H groups in total. The zero-order valence-electron chi connectivity index (χ0n) is 12.0. The molecule has 1 aliphatic carbocycles. The van der Waals surface area contributed by atoms with Gasteiger partial charge in [-0.05, 0) is 62.3 Å². The molecule has 4 heteroatoms. The maximum atomic E-state index is 11.6. The van der Waals surface area contributed by atoms with Gasteiger partial charge in [0.05, 0.1) is 6.10 Å². The van der Waals surface area contributed by atoms with Crippen molar-refractivity contribution >= 4 is 5.91 Å². The van der Waals surface area contributed by atoms with Crippen molar-refractivity contribution in [3.63, 3.8) is 0 Å². The van der Waals surface area contributed by atoms with Crippen molar-refractivity contribution in [2.45, 2.75) is 45.1 Å². The minimum Gasteiger partial charge on any atom is -0.484 e. The molecule has 0 aromatic heterocycles. The second-order valence-corrected chi connectivity index (χ2v) is 5.41. The Kier molecular flexibility index (Phi) is 5.41. The molecule has 2 rings (SSSR count). The summed E-state index contributed by atoms with van der Waals surface area (Å²) in [5.74, 6) is 0.611. The molecule has 0 aliphatic heterocycles. The van der Waals surface area contributed by atoms with Crippen LogP contribution in [-0.2, 0) is 17.6 Å². The Morgan fingerprint density at radius 3 is 2.85 bits per heavy atom. The Morgan fingerprint density at radius 2 is 2.10 bits per heavy atom. The standard InChI is InChI=1S/C16H23NO3/c1-12(18)8-9-17-16(19)11-20-15-7-6-13-4-2-3-5-14(13)10-15/h6-7,10,12,18H,2-5,8-9,11H2,1H3,(H,17,19). The SMILES string of the molecule is CC(O)CCNC(=O)COc1ccc2c(c1)CCCC2. The minimum absolute atomic E-state index is 0.0264. The van der Waals surface area contributed by atoms with Crippen LogP contribution in [0.5, 0.6) is 5.75 Å². The number of aryl methyl sites for hydroxylation is 2. The highest BCUT2D eigenvalue weighted by molar-refractivity contribution is 5.77. The van der Waals surface area contributed by atoms with Crippen molar-refractivity contribution in [2.75, 3.05) is 13.2 Å². The van der Waals surface area contributed by atoms with Gasteiger partial charge in [0.2, 0.25) is 0 Å². The van der Waals surface area contributed by atoms with Gasteiger partial charge in [-0.3, -0.25) is 4.79 Å². The van der Waals surface area contributed by atoms with Gasteiger partial charge >= 0.3 is 0 Å². The monoisotopic (exact) mass is 277 g/mol. The first-order valence-corrected chi connectivity index (χ1v) is 7.34. The second-order valence-electron chi connectivity index (χ2n) is 5.41. The molecule has 0 fully saturated rings. The van der Waals surface area contributed by atoms with Crippen LogP contribution in [0.3, 0.4) is 0 Å². The smallest absolute Gasteiger partial charge is 0.257 e. The number of aliphatic hydroxyl groups excluding tert-OH is 1. The first kappa shape index (κ1) is 14.9. The number of fused-ring (bicyclic) bond motifs is 1. The van der Waals surface area contributed by atoms with E-state index in [0.29, 0.717) is 13.0 Å². The van der Waals surface area contributed by atoms with Crippen LogP contribution in [-0.4, -0.2) is 30.3 Å². The molecule has 1 amide bonds. The number of aliphatic hydroxyl groups is 1. The van der Waals surface area contributed by atoms with Crippen LogP contribution in [0.4, 0.5) is 0 Å². The molecule has 20 heavy (non-hydrogen) atoms. The zero-order valence-corrected chi connectivity index (χ0v) is 12.0. The van der Waals surface area contributed by atoms with Crippen molar-refractivity contribution in [1.82, 2.24) is 5.32 Å². The normalized spacial score (nSPS) is 15.3. The average Bonchev–Trinajstić information content (AvgIpc) is 2.44. The van der Waals surface area contributed by atoms with E-state index in [1.165, 1.54) is 24.0 Å². The Labute approximate surface area is 120 Å². The molecule has 0 saturated heterocycles. The quantitative estimate of drug-likeness (QED) is 0.834. The predicted octanol–water partition coefficient (Wildman–Crippen LogP) is 1.83. The number of hydrogen-bond acceptors (Lipinski definition) is 3. The molecular formula is C16H23NO3. The molecule has 0 radical (unpaired) electrons. The van der Waals surface area contributed by atoms with Crippen LogP contribution < -0.4 is 10.1 Å². The molecule has 0 heterocycles. The fraction of sp³-hybridized carbons (Fsp3) is 0.562. The lowest BCUT2D eigenvalue weighted by Crippen LogP contribution is -2.31. The maximum absolute atomic E-state index is 11.6. The van der Waals surface area contributed by atoms with Gasteiger partial charge in [-0.1, -0.05) is 6.07 Å². The third-order valence-corrected chi connectivity index (χ3v) is 3.57. The fourth-order valence-electron chi connectivity index (χ4n) is 2.42. The molecule has 1 aliphatic rings. The summed E-state index contributed by atoms with van der Waals surface area (Å²) in [6, 6.07) is 6.10. The first-order valence-electron chi connectivity index (χ1n) is 7.34. The van der Waals surface area contributed by atoms with E-state index in [1.54, 1.807) is 6.92 Å². The van der Waals surface area contributed by atoms with Crippen molar-refractivity contribution in [2.24, 2.45) is 0 Å². The Bertz CT molecular complexity index is 457. The van der Waals surface area contributed by atoms with Gasteiger partial charge < -0.3 is 15.2 Å². The number of nitrogens with one attached hydrogen (secondary N) is 1. The van der Waals surface area contributed by atoms with Crippen LogP contribution >= 0.6 is 0 Å². The zero-order chi connectivity index (χ0) is 14.4. The molecule has 1 aromatic rings. The van der Waals surface area contributed by atoms with Gasteiger partial charge in [-0.2, -0.15) is 0 Å². The summed E-state index contributed by atoms with van der Waals surface area (Å²) in [6.45, 7) is 2.21. The number of carbonyl (C=O) groups is 1. The van der Waals surface area contributed by atoms with Gasteiger partial charge in [-0.15, -0.1) is 0 Å². The lowest BCUT2D eigenvalue weighted by molar-refractivity contribution is -0.123. The van der Waals surface area contributed by atoms with E-state index >= 15 is 0 Å². The van der Waals surface area contributed by atoms with Crippen molar-refractivity contribution in [3.05, 3.63) is 29.3 Å².